The minimum absolute atomic E-state index is 0.168. The number of esters is 1. The Morgan fingerprint density at radius 1 is 1.15 bits per heavy atom. The lowest BCUT2D eigenvalue weighted by Gasteiger charge is -2.16. The average molecular weight is 297 g/mol. The summed E-state index contributed by atoms with van der Waals surface area (Å²) in [6, 6.07) is 1.07. The van der Waals surface area contributed by atoms with Crippen LogP contribution in [0.2, 0.25) is 0 Å². The van der Waals surface area contributed by atoms with Crippen LogP contribution in [0.15, 0.2) is 12.1 Å². The van der Waals surface area contributed by atoms with Crippen LogP contribution < -0.4 is 0 Å². The Bertz CT molecular complexity index is 582. The predicted octanol–water partition coefficient (Wildman–Crippen LogP) is 3.38. The molecular weight excluding hydrogens is 292 g/mol. The van der Waals surface area contributed by atoms with Crippen LogP contribution in [0.5, 0.6) is 0 Å². The van der Waals surface area contributed by atoms with Gasteiger partial charge in [0.2, 0.25) is 0 Å². The average Bonchev–Trinajstić information content (AvgIpc) is 2.33. The first kappa shape index (κ1) is 15.8. The van der Waals surface area contributed by atoms with E-state index < -0.39 is 40.6 Å². The fraction of sp³-hybridized carbons (Fsp3) is 0.273. The Hall–Kier alpha value is -2.24. The van der Waals surface area contributed by atoms with Crippen molar-refractivity contribution in [2.45, 2.75) is 12.4 Å². The number of alkyl halides is 6. The molecule has 0 heterocycles. The minimum atomic E-state index is -5.24. The number of halogens is 6. The van der Waals surface area contributed by atoms with E-state index in [1.165, 1.54) is 0 Å². The number of nitriles is 1. The van der Waals surface area contributed by atoms with Gasteiger partial charge in [-0.15, -0.1) is 0 Å². The summed E-state index contributed by atoms with van der Waals surface area (Å²) in [4.78, 5) is 11.3. The highest BCUT2D eigenvalue weighted by Gasteiger charge is 2.41. The fourth-order valence-electron chi connectivity index (χ4n) is 1.44. The van der Waals surface area contributed by atoms with E-state index in [1.54, 1.807) is 0 Å². The van der Waals surface area contributed by atoms with Crippen molar-refractivity contribution in [2.75, 3.05) is 7.11 Å². The summed E-state index contributed by atoms with van der Waals surface area (Å²) >= 11 is 0. The molecule has 0 spiro atoms. The number of nitrogens with zero attached hydrogens (tertiary/aromatic N) is 1. The summed E-state index contributed by atoms with van der Waals surface area (Å²) in [6.07, 6.45) is -10.3. The first-order valence-corrected chi connectivity index (χ1v) is 4.83. The summed E-state index contributed by atoms with van der Waals surface area (Å²) in [6.45, 7) is 0. The molecule has 20 heavy (non-hydrogen) atoms. The standard InChI is InChI=1S/C11H5F6NO2/c1-20-9(19)8-5(4-18)2-6(10(12,13)14)3-7(8)11(15,16)17/h2-3H,1H3. The second-order valence-electron chi connectivity index (χ2n) is 3.55. The smallest absolute Gasteiger partial charge is 0.417 e. The first-order valence-electron chi connectivity index (χ1n) is 4.83. The number of carbonyl (C=O) groups excluding carboxylic acids is 1. The Morgan fingerprint density at radius 2 is 1.70 bits per heavy atom. The third-order valence-electron chi connectivity index (χ3n) is 2.28. The molecule has 0 radical (unpaired) electrons. The molecule has 108 valence electrons. The highest BCUT2D eigenvalue weighted by Crippen LogP contribution is 2.39. The molecule has 0 aliphatic heterocycles. The van der Waals surface area contributed by atoms with Crippen molar-refractivity contribution in [3.8, 4) is 6.07 Å². The molecule has 0 unspecified atom stereocenters. The molecule has 0 atom stereocenters. The van der Waals surface area contributed by atoms with Gasteiger partial charge in [-0.1, -0.05) is 0 Å². The van der Waals surface area contributed by atoms with E-state index in [2.05, 4.69) is 4.74 Å². The van der Waals surface area contributed by atoms with Gasteiger partial charge in [-0.2, -0.15) is 31.6 Å². The first-order chi connectivity index (χ1) is 9.02. The molecule has 0 saturated heterocycles. The maximum absolute atomic E-state index is 12.7. The molecule has 0 amide bonds. The van der Waals surface area contributed by atoms with Crippen LogP contribution in [0.1, 0.15) is 27.0 Å². The Labute approximate surface area is 108 Å². The van der Waals surface area contributed by atoms with E-state index in [9.17, 15) is 31.1 Å². The minimum Gasteiger partial charge on any atom is -0.465 e. The number of methoxy groups -OCH3 is 1. The van der Waals surface area contributed by atoms with Gasteiger partial charge in [-0.3, -0.25) is 0 Å². The van der Waals surface area contributed by atoms with Crippen LogP contribution in [0.25, 0.3) is 0 Å². The van der Waals surface area contributed by atoms with Gasteiger partial charge >= 0.3 is 18.3 Å². The Kier molecular flexibility index (Phi) is 3.98. The maximum Gasteiger partial charge on any atom is 0.417 e. The lowest BCUT2D eigenvalue weighted by molar-refractivity contribution is -0.143. The molecule has 0 aromatic heterocycles. The number of rotatable bonds is 1. The maximum atomic E-state index is 12.7. The summed E-state index contributed by atoms with van der Waals surface area (Å²) in [5, 5.41) is 8.65. The molecule has 1 aromatic rings. The second kappa shape index (κ2) is 5.03. The summed E-state index contributed by atoms with van der Waals surface area (Å²) in [5.74, 6) is -1.54. The monoisotopic (exact) mass is 297 g/mol. The molecule has 9 heteroatoms. The van der Waals surface area contributed by atoms with Crippen LogP contribution in [-0.4, -0.2) is 13.1 Å². The number of benzene rings is 1. The molecule has 0 saturated carbocycles. The van der Waals surface area contributed by atoms with Crippen LogP contribution >= 0.6 is 0 Å². The Balaban J connectivity index is 3.76. The van der Waals surface area contributed by atoms with Crippen molar-refractivity contribution in [2.24, 2.45) is 0 Å². The largest absolute Gasteiger partial charge is 0.465 e. The highest BCUT2D eigenvalue weighted by molar-refractivity contribution is 5.94. The van der Waals surface area contributed by atoms with E-state index in [0.717, 1.165) is 13.2 Å². The van der Waals surface area contributed by atoms with E-state index in [0.29, 0.717) is 0 Å². The number of carbonyl (C=O) groups is 1. The van der Waals surface area contributed by atoms with Crippen molar-refractivity contribution in [1.29, 1.82) is 5.26 Å². The van der Waals surface area contributed by atoms with Crippen molar-refractivity contribution in [1.82, 2.24) is 0 Å². The van der Waals surface area contributed by atoms with Crippen molar-refractivity contribution in [3.63, 3.8) is 0 Å². The summed E-state index contributed by atoms with van der Waals surface area (Å²) in [5.41, 5.74) is -5.83. The number of ether oxygens (including phenoxy) is 1. The van der Waals surface area contributed by atoms with E-state index in [1.807, 2.05) is 0 Å². The van der Waals surface area contributed by atoms with E-state index in [-0.39, 0.29) is 12.1 Å². The fourth-order valence-corrected chi connectivity index (χ4v) is 1.44. The van der Waals surface area contributed by atoms with E-state index in [4.69, 9.17) is 5.26 Å². The van der Waals surface area contributed by atoms with Crippen LogP contribution in [-0.2, 0) is 17.1 Å². The zero-order chi connectivity index (χ0) is 15.7. The van der Waals surface area contributed by atoms with Crippen molar-refractivity contribution in [3.05, 3.63) is 34.4 Å². The molecule has 3 nitrogen and oxygen atoms in total. The number of hydrogen-bond acceptors (Lipinski definition) is 3. The second-order valence-corrected chi connectivity index (χ2v) is 3.55. The van der Waals surface area contributed by atoms with Gasteiger partial charge in [0.1, 0.15) is 6.07 Å². The quantitative estimate of drug-likeness (QED) is 0.590. The van der Waals surface area contributed by atoms with Gasteiger partial charge in [0.05, 0.1) is 29.4 Å². The topological polar surface area (TPSA) is 50.1 Å². The van der Waals surface area contributed by atoms with Crippen molar-refractivity contribution >= 4 is 5.97 Å². The van der Waals surface area contributed by atoms with Gasteiger partial charge in [0.25, 0.3) is 0 Å². The lowest BCUT2D eigenvalue weighted by atomic mass is 9.97. The summed E-state index contributed by atoms with van der Waals surface area (Å²) < 4.78 is 79.8. The van der Waals surface area contributed by atoms with E-state index >= 15 is 0 Å². The third-order valence-corrected chi connectivity index (χ3v) is 2.28. The normalized spacial score (nSPS) is 11.9. The van der Waals surface area contributed by atoms with Crippen molar-refractivity contribution < 1.29 is 35.9 Å². The van der Waals surface area contributed by atoms with Crippen LogP contribution in [0.3, 0.4) is 0 Å². The molecule has 0 N–H and O–H groups in total. The number of hydrogen-bond donors (Lipinski definition) is 0. The van der Waals surface area contributed by atoms with Gasteiger partial charge in [-0.05, 0) is 12.1 Å². The molecular formula is C11H5F6NO2. The molecule has 0 aliphatic rings. The van der Waals surface area contributed by atoms with Gasteiger partial charge in [-0.25, -0.2) is 4.79 Å². The van der Waals surface area contributed by atoms with Gasteiger partial charge in [0, 0.05) is 0 Å². The molecule has 0 aliphatic carbocycles. The van der Waals surface area contributed by atoms with Gasteiger partial charge in [0.15, 0.2) is 0 Å². The summed E-state index contributed by atoms with van der Waals surface area (Å²) in [7, 11) is 0.751. The van der Waals surface area contributed by atoms with Crippen LogP contribution in [0.4, 0.5) is 26.3 Å². The molecule has 1 aromatic carbocycles. The third kappa shape index (κ3) is 3.01. The zero-order valence-electron chi connectivity index (χ0n) is 9.69. The molecule has 0 fully saturated rings. The Morgan fingerprint density at radius 3 is 2.05 bits per heavy atom. The lowest BCUT2D eigenvalue weighted by Crippen LogP contribution is -2.19. The molecule has 0 bridgehead atoms. The van der Waals surface area contributed by atoms with Crippen LogP contribution in [0, 0.1) is 11.3 Å². The van der Waals surface area contributed by atoms with Gasteiger partial charge < -0.3 is 4.74 Å². The molecule has 1 rings (SSSR count). The predicted molar refractivity (Wildman–Crippen MR) is 52.5 cm³/mol. The zero-order valence-corrected chi connectivity index (χ0v) is 9.69. The highest BCUT2D eigenvalue weighted by atomic mass is 19.4. The SMILES string of the molecule is COC(=O)c1c(C#N)cc(C(F)(F)F)cc1C(F)(F)F.